The van der Waals surface area contributed by atoms with E-state index in [0.29, 0.717) is 6.07 Å². The van der Waals surface area contributed by atoms with Gasteiger partial charge in [0.05, 0.1) is 11.2 Å². The zero-order valence-corrected chi connectivity index (χ0v) is 8.81. The highest BCUT2D eigenvalue weighted by Gasteiger charge is 2.39. The Hall–Kier alpha value is -1.14. The van der Waals surface area contributed by atoms with Crippen molar-refractivity contribution in [3.63, 3.8) is 0 Å². The lowest BCUT2D eigenvalue weighted by molar-refractivity contribution is -0.138. The summed E-state index contributed by atoms with van der Waals surface area (Å²) < 4.78 is 50.8. The molecule has 0 atom stereocenters. The SMILES string of the molecule is OC1(Cc2ccc(F)cc2C(F)(F)F)CNC1. The number of rotatable bonds is 2. The van der Waals surface area contributed by atoms with E-state index in [2.05, 4.69) is 5.32 Å². The summed E-state index contributed by atoms with van der Waals surface area (Å²) in [7, 11) is 0. The second-order valence-electron chi connectivity index (χ2n) is 4.30. The molecule has 1 aliphatic rings. The van der Waals surface area contributed by atoms with Gasteiger partial charge in [0.2, 0.25) is 0 Å². The highest BCUT2D eigenvalue weighted by molar-refractivity contribution is 5.32. The van der Waals surface area contributed by atoms with Gasteiger partial charge < -0.3 is 10.4 Å². The standard InChI is InChI=1S/C11H11F4NO/c12-8-2-1-7(4-10(17)5-16-6-10)9(3-8)11(13,14)15/h1-3,16-17H,4-6H2. The first-order chi connectivity index (χ1) is 7.80. The maximum atomic E-state index is 12.8. The molecule has 2 rings (SSSR count). The zero-order chi connectivity index (χ0) is 12.7. The number of nitrogens with one attached hydrogen (secondary N) is 1. The summed E-state index contributed by atoms with van der Waals surface area (Å²) >= 11 is 0. The molecule has 1 aromatic rings. The van der Waals surface area contributed by atoms with Crippen LogP contribution in [0, 0.1) is 5.82 Å². The van der Waals surface area contributed by atoms with E-state index in [-0.39, 0.29) is 25.1 Å². The Kier molecular flexibility index (Phi) is 2.87. The Morgan fingerprint density at radius 2 is 1.94 bits per heavy atom. The third kappa shape index (κ3) is 2.58. The second-order valence-corrected chi connectivity index (χ2v) is 4.30. The largest absolute Gasteiger partial charge is 0.416 e. The number of alkyl halides is 3. The first-order valence-corrected chi connectivity index (χ1v) is 5.09. The molecule has 6 heteroatoms. The van der Waals surface area contributed by atoms with Crippen LogP contribution in [-0.2, 0) is 12.6 Å². The van der Waals surface area contributed by atoms with Gasteiger partial charge >= 0.3 is 6.18 Å². The summed E-state index contributed by atoms with van der Waals surface area (Å²) in [5.41, 5.74) is -2.25. The predicted octanol–water partition coefficient (Wildman–Crippen LogP) is 1.72. The molecule has 0 radical (unpaired) electrons. The van der Waals surface area contributed by atoms with E-state index in [1.807, 2.05) is 0 Å². The molecule has 94 valence electrons. The zero-order valence-electron chi connectivity index (χ0n) is 8.81. The molecule has 0 unspecified atom stereocenters. The van der Waals surface area contributed by atoms with Crippen LogP contribution in [-0.4, -0.2) is 23.8 Å². The van der Waals surface area contributed by atoms with Crippen molar-refractivity contribution < 1.29 is 22.7 Å². The molecular formula is C11H11F4NO. The molecule has 1 saturated heterocycles. The highest BCUT2D eigenvalue weighted by Crippen LogP contribution is 2.34. The monoisotopic (exact) mass is 249 g/mol. The summed E-state index contributed by atoms with van der Waals surface area (Å²) in [6.07, 6.45) is -4.74. The predicted molar refractivity (Wildman–Crippen MR) is 52.9 cm³/mol. The first-order valence-electron chi connectivity index (χ1n) is 5.09. The van der Waals surface area contributed by atoms with Crippen molar-refractivity contribution in [2.75, 3.05) is 13.1 Å². The minimum atomic E-state index is -4.61. The maximum Gasteiger partial charge on any atom is 0.416 e. The summed E-state index contributed by atoms with van der Waals surface area (Å²) in [4.78, 5) is 0. The summed E-state index contributed by atoms with van der Waals surface area (Å²) in [6, 6.07) is 2.51. The van der Waals surface area contributed by atoms with E-state index in [0.717, 1.165) is 12.1 Å². The van der Waals surface area contributed by atoms with Crippen molar-refractivity contribution in [2.45, 2.75) is 18.2 Å². The molecule has 0 amide bonds. The van der Waals surface area contributed by atoms with Crippen LogP contribution in [0.2, 0.25) is 0 Å². The smallest absolute Gasteiger partial charge is 0.387 e. The van der Waals surface area contributed by atoms with E-state index in [1.165, 1.54) is 0 Å². The minimum absolute atomic E-state index is 0.0806. The van der Waals surface area contributed by atoms with E-state index in [1.54, 1.807) is 0 Å². The number of aliphatic hydroxyl groups is 1. The van der Waals surface area contributed by atoms with Gasteiger partial charge in [-0.1, -0.05) is 6.07 Å². The number of hydrogen-bond acceptors (Lipinski definition) is 2. The van der Waals surface area contributed by atoms with Crippen molar-refractivity contribution in [3.05, 3.63) is 35.1 Å². The van der Waals surface area contributed by atoms with Crippen LogP contribution in [0.1, 0.15) is 11.1 Å². The summed E-state index contributed by atoms with van der Waals surface area (Å²) in [5.74, 6) is -0.931. The number of hydrogen-bond donors (Lipinski definition) is 2. The second kappa shape index (κ2) is 3.96. The van der Waals surface area contributed by atoms with Crippen molar-refractivity contribution in [2.24, 2.45) is 0 Å². The molecule has 0 spiro atoms. The number of halogens is 4. The van der Waals surface area contributed by atoms with Gasteiger partial charge in [0.25, 0.3) is 0 Å². The lowest BCUT2D eigenvalue weighted by Gasteiger charge is -2.38. The Bertz CT molecular complexity index is 426. The molecule has 0 aliphatic carbocycles. The van der Waals surface area contributed by atoms with Crippen molar-refractivity contribution in [1.82, 2.24) is 5.32 Å². The molecule has 1 aliphatic heterocycles. The van der Waals surface area contributed by atoms with Crippen LogP contribution in [0.4, 0.5) is 17.6 Å². The molecule has 1 fully saturated rings. The third-order valence-electron chi connectivity index (χ3n) is 2.80. The van der Waals surface area contributed by atoms with Crippen LogP contribution in [0.15, 0.2) is 18.2 Å². The van der Waals surface area contributed by atoms with Crippen molar-refractivity contribution in [1.29, 1.82) is 0 Å². The normalized spacial score (nSPS) is 18.9. The maximum absolute atomic E-state index is 12.8. The molecular weight excluding hydrogens is 238 g/mol. The minimum Gasteiger partial charge on any atom is -0.387 e. The molecule has 17 heavy (non-hydrogen) atoms. The fourth-order valence-electron chi connectivity index (χ4n) is 1.86. The fraction of sp³-hybridized carbons (Fsp3) is 0.455. The Balaban J connectivity index is 2.33. The molecule has 1 heterocycles. The van der Waals surface area contributed by atoms with E-state index >= 15 is 0 Å². The summed E-state index contributed by atoms with van der Waals surface area (Å²) in [5, 5.41) is 12.6. The van der Waals surface area contributed by atoms with Gasteiger partial charge in [0, 0.05) is 19.5 Å². The Morgan fingerprint density at radius 1 is 1.29 bits per heavy atom. The molecule has 2 N–H and O–H groups in total. The van der Waals surface area contributed by atoms with E-state index < -0.39 is 23.2 Å². The average Bonchev–Trinajstić information content (AvgIpc) is 2.17. The van der Waals surface area contributed by atoms with Gasteiger partial charge in [-0.05, 0) is 17.7 Å². The van der Waals surface area contributed by atoms with Gasteiger partial charge in [0.15, 0.2) is 0 Å². The first kappa shape index (κ1) is 12.3. The molecule has 0 saturated carbocycles. The van der Waals surface area contributed by atoms with Gasteiger partial charge in [-0.3, -0.25) is 0 Å². The Morgan fingerprint density at radius 3 is 2.41 bits per heavy atom. The van der Waals surface area contributed by atoms with Crippen LogP contribution in [0.25, 0.3) is 0 Å². The third-order valence-corrected chi connectivity index (χ3v) is 2.80. The van der Waals surface area contributed by atoms with Gasteiger partial charge in [-0.2, -0.15) is 13.2 Å². The fourth-order valence-corrected chi connectivity index (χ4v) is 1.86. The number of benzene rings is 1. The van der Waals surface area contributed by atoms with Gasteiger partial charge in [-0.25, -0.2) is 4.39 Å². The average molecular weight is 249 g/mol. The lowest BCUT2D eigenvalue weighted by atomic mass is 9.87. The topological polar surface area (TPSA) is 32.3 Å². The van der Waals surface area contributed by atoms with Crippen LogP contribution in [0.3, 0.4) is 0 Å². The van der Waals surface area contributed by atoms with Crippen LogP contribution >= 0.6 is 0 Å². The quantitative estimate of drug-likeness (QED) is 0.782. The highest BCUT2D eigenvalue weighted by atomic mass is 19.4. The molecule has 0 aromatic heterocycles. The molecule has 1 aromatic carbocycles. The van der Waals surface area contributed by atoms with Crippen molar-refractivity contribution >= 4 is 0 Å². The van der Waals surface area contributed by atoms with Crippen LogP contribution < -0.4 is 5.32 Å². The Labute approximate surface area is 95.3 Å². The molecule has 2 nitrogen and oxygen atoms in total. The summed E-state index contributed by atoms with van der Waals surface area (Å²) in [6.45, 7) is 0.503. The lowest BCUT2D eigenvalue weighted by Crippen LogP contribution is -2.60. The number of β-amino-alcohol motifs (C(OH)–C–C–N with tert-alkyl or cyclic N) is 1. The van der Waals surface area contributed by atoms with Crippen molar-refractivity contribution in [3.8, 4) is 0 Å². The van der Waals surface area contributed by atoms with E-state index in [4.69, 9.17) is 0 Å². The van der Waals surface area contributed by atoms with E-state index in [9.17, 15) is 22.7 Å². The molecule has 0 bridgehead atoms. The van der Waals surface area contributed by atoms with Crippen LogP contribution in [0.5, 0.6) is 0 Å². The van der Waals surface area contributed by atoms with Gasteiger partial charge in [0.1, 0.15) is 5.82 Å². The van der Waals surface area contributed by atoms with Gasteiger partial charge in [-0.15, -0.1) is 0 Å².